The number of aromatic hydroxyl groups is 1. The number of rotatable bonds is 8. The van der Waals surface area contributed by atoms with E-state index in [9.17, 15) is 40.5 Å². The number of benzene rings is 2. The molecule has 9 atom stereocenters. The third kappa shape index (κ3) is 6.21. The molecule has 0 saturated carbocycles. The van der Waals surface area contributed by atoms with Crippen LogP contribution in [0.1, 0.15) is 15.9 Å². The fourth-order valence-electron chi connectivity index (χ4n) is 4.11. The van der Waals surface area contributed by atoms with Gasteiger partial charge in [-0.2, -0.15) is 0 Å². The minimum atomic E-state index is -1.72. The minimum Gasteiger partial charge on any atom is -0.504 e. The molecule has 12 nitrogen and oxygen atoms in total. The standard InChI is InChI=1S/C26H30O12/c27-11-19-24(38-25-22(33)20(31)17(30)12-35-25)21(32)23(34)26(37-19)36-18-9-7-13(10-16(18)29)6-8-15(28)14-4-2-1-3-5-14/h1-10,17,19-27,29-34H,11-12H2. The molecule has 0 amide bonds. The average molecular weight is 535 g/mol. The minimum absolute atomic E-state index is 0.105. The Hall–Kier alpha value is -2.91. The van der Waals surface area contributed by atoms with Crippen molar-refractivity contribution in [1.82, 2.24) is 0 Å². The highest BCUT2D eigenvalue weighted by atomic mass is 16.7. The second-order valence-electron chi connectivity index (χ2n) is 8.97. The number of aliphatic hydroxyl groups excluding tert-OH is 6. The molecule has 0 aromatic heterocycles. The predicted octanol–water partition coefficient (Wildman–Crippen LogP) is -1.07. The number of ether oxygens (including phenoxy) is 4. The van der Waals surface area contributed by atoms with E-state index < -0.39 is 61.9 Å². The molecule has 7 N–H and O–H groups in total. The van der Waals surface area contributed by atoms with Crippen molar-refractivity contribution in [2.75, 3.05) is 13.2 Å². The Balaban J connectivity index is 1.40. The largest absolute Gasteiger partial charge is 0.504 e. The molecule has 2 aromatic rings. The van der Waals surface area contributed by atoms with Gasteiger partial charge in [-0.15, -0.1) is 0 Å². The normalized spacial score (nSPS) is 33.8. The molecule has 2 fully saturated rings. The number of aliphatic hydroxyl groups is 6. The van der Waals surface area contributed by atoms with E-state index in [1.807, 2.05) is 0 Å². The SMILES string of the molecule is O=C(C=Cc1ccc(OC2OC(CO)C(OC3OCC(O)C(O)C3O)C(O)C2O)c(O)c1)c1ccccc1. The zero-order valence-corrected chi connectivity index (χ0v) is 20.1. The van der Waals surface area contributed by atoms with Crippen LogP contribution in [-0.4, -0.2) is 110 Å². The number of hydrogen-bond donors (Lipinski definition) is 7. The molecule has 38 heavy (non-hydrogen) atoms. The average Bonchev–Trinajstić information content (AvgIpc) is 2.93. The van der Waals surface area contributed by atoms with Gasteiger partial charge in [0.15, 0.2) is 23.6 Å². The van der Waals surface area contributed by atoms with Crippen LogP contribution in [0.5, 0.6) is 11.5 Å². The zero-order chi connectivity index (χ0) is 27.4. The molecule has 2 aromatic carbocycles. The molecule has 2 heterocycles. The molecule has 9 unspecified atom stereocenters. The van der Waals surface area contributed by atoms with Gasteiger partial charge in [0, 0.05) is 5.56 Å². The van der Waals surface area contributed by atoms with Crippen molar-refractivity contribution in [3.63, 3.8) is 0 Å². The lowest BCUT2D eigenvalue weighted by Crippen LogP contribution is -2.63. The van der Waals surface area contributed by atoms with E-state index in [1.165, 1.54) is 24.3 Å². The van der Waals surface area contributed by atoms with Crippen molar-refractivity contribution >= 4 is 11.9 Å². The predicted molar refractivity (Wildman–Crippen MR) is 129 cm³/mol. The van der Waals surface area contributed by atoms with E-state index >= 15 is 0 Å². The van der Waals surface area contributed by atoms with Crippen LogP contribution in [0.4, 0.5) is 0 Å². The summed E-state index contributed by atoms with van der Waals surface area (Å²) in [6, 6.07) is 12.9. The molecule has 0 bridgehead atoms. The first-order valence-electron chi connectivity index (χ1n) is 11.9. The molecular formula is C26H30O12. The van der Waals surface area contributed by atoms with E-state index in [0.29, 0.717) is 11.1 Å². The summed E-state index contributed by atoms with van der Waals surface area (Å²) in [5, 5.41) is 70.9. The van der Waals surface area contributed by atoms with Crippen molar-refractivity contribution in [2.24, 2.45) is 0 Å². The summed E-state index contributed by atoms with van der Waals surface area (Å²) in [5.41, 5.74) is 0.998. The van der Waals surface area contributed by atoms with Gasteiger partial charge in [-0.05, 0) is 23.8 Å². The molecular weight excluding hydrogens is 504 g/mol. The first kappa shape index (κ1) is 28.1. The smallest absolute Gasteiger partial charge is 0.229 e. The molecule has 4 rings (SSSR count). The lowest BCUT2D eigenvalue weighted by molar-refractivity contribution is -0.339. The summed E-state index contributed by atoms with van der Waals surface area (Å²) in [7, 11) is 0. The lowest BCUT2D eigenvalue weighted by Gasteiger charge is -2.44. The third-order valence-electron chi connectivity index (χ3n) is 6.28. The monoisotopic (exact) mass is 534 g/mol. The summed E-state index contributed by atoms with van der Waals surface area (Å²) in [6.45, 7) is -1.04. The van der Waals surface area contributed by atoms with Crippen LogP contribution >= 0.6 is 0 Å². The number of phenols is 1. The van der Waals surface area contributed by atoms with E-state index in [2.05, 4.69) is 0 Å². The summed E-state index contributed by atoms with van der Waals surface area (Å²) in [6.07, 6.45) is -10.8. The molecule has 0 aliphatic carbocycles. The zero-order valence-electron chi connectivity index (χ0n) is 20.1. The maximum Gasteiger partial charge on any atom is 0.229 e. The summed E-state index contributed by atoms with van der Waals surface area (Å²) in [5.74, 6) is -0.663. The van der Waals surface area contributed by atoms with E-state index in [-0.39, 0.29) is 23.9 Å². The van der Waals surface area contributed by atoms with Crippen molar-refractivity contribution in [2.45, 2.75) is 55.3 Å². The van der Waals surface area contributed by atoms with Gasteiger partial charge < -0.3 is 54.7 Å². The number of ketones is 1. The van der Waals surface area contributed by atoms with Gasteiger partial charge >= 0.3 is 0 Å². The number of phenolic OH excluding ortho intramolecular Hbond substituents is 1. The van der Waals surface area contributed by atoms with Crippen LogP contribution < -0.4 is 4.74 Å². The fourth-order valence-corrected chi connectivity index (χ4v) is 4.11. The van der Waals surface area contributed by atoms with Gasteiger partial charge in [0.25, 0.3) is 0 Å². The lowest BCUT2D eigenvalue weighted by atomic mass is 9.98. The maximum atomic E-state index is 12.2. The maximum absolute atomic E-state index is 12.2. The number of carbonyl (C=O) groups is 1. The Bertz CT molecular complexity index is 1110. The summed E-state index contributed by atoms with van der Waals surface area (Å²) >= 11 is 0. The van der Waals surface area contributed by atoms with Crippen molar-refractivity contribution < 1.29 is 59.5 Å². The van der Waals surface area contributed by atoms with Crippen LogP contribution in [0.2, 0.25) is 0 Å². The summed E-state index contributed by atoms with van der Waals surface area (Å²) < 4.78 is 21.7. The van der Waals surface area contributed by atoms with Crippen molar-refractivity contribution in [3.8, 4) is 11.5 Å². The van der Waals surface area contributed by atoms with Gasteiger partial charge in [-0.1, -0.05) is 42.5 Å². The van der Waals surface area contributed by atoms with Gasteiger partial charge in [0.05, 0.1) is 13.2 Å². The highest BCUT2D eigenvalue weighted by Crippen LogP contribution is 2.33. The van der Waals surface area contributed by atoms with Gasteiger partial charge in [0.1, 0.15) is 42.7 Å². The number of hydrogen-bond acceptors (Lipinski definition) is 12. The molecule has 0 radical (unpaired) electrons. The highest BCUT2D eigenvalue weighted by molar-refractivity contribution is 6.06. The van der Waals surface area contributed by atoms with E-state index in [1.54, 1.807) is 36.4 Å². The van der Waals surface area contributed by atoms with Gasteiger partial charge in [0.2, 0.25) is 6.29 Å². The Labute approximate surface area is 217 Å². The van der Waals surface area contributed by atoms with E-state index in [4.69, 9.17) is 18.9 Å². The topological polar surface area (TPSA) is 196 Å². The Kier molecular flexibility index (Phi) is 9.10. The van der Waals surface area contributed by atoms with Gasteiger partial charge in [-0.3, -0.25) is 4.79 Å². The van der Waals surface area contributed by atoms with Crippen LogP contribution in [0.15, 0.2) is 54.6 Å². The van der Waals surface area contributed by atoms with Crippen molar-refractivity contribution in [3.05, 3.63) is 65.7 Å². The van der Waals surface area contributed by atoms with Crippen LogP contribution in [0, 0.1) is 0 Å². The quantitative estimate of drug-likeness (QED) is 0.160. The highest BCUT2D eigenvalue weighted by Gasteiger charge is 2.49. The second kappa shape index (κ2) is 12.3. The van der Waals surface area contributed by atoms with Crippen LogP contribution in [0.25, 0.3) is 6.08 Å². The molecule has 206 valence electrons. The van der Waals surface area contributed by atoms with E-state index in [0.717, 1.165) is 0 Å². The first-order chi connectivity index (χ1) is 18.2. The Morgan fingerprint density at radius 1 is 0.947 bits per heavy atom. The Morgan fingerprint density at radius 2 is 1.66 bits per heavy atom. The van der Waals surface area contributed by atoms with Crippen LogP contribution in [0.3, 0.4) is 0 Å². The first-order valence-corrected chi connectivity index (χ1v) is 11.9. The fraction of sp³-hybridized carbons (Fsp3) is 0.423. The second-order valence-corrected chi connectivity index (χ2v) is 8.97. The Morgan fingerprint density at radius 3 is 2.34 bits per heavy atom. The van der Waals surface area contributed by atoms with Gasteiger partial charge in [-0.25, -0.2) is 0 Å². The molecule has 2 saturated heterocycles. The molecule has 0 spiro atoms. The van der Waals surface area contributed by atoms with Crippen molar-refractivity contribution in [1.29, 1.82) is 0 Å². The molecule has 2 aliphatic rings. The number of allylic oxidation sites excluding steroid dienone is 1. The molecule has 2 aliphatic heterocycles. The third-order valence-corrected chi connectivity index (χ3v) is 6.28. The van der Waals surface area contributed by atoms with Crippen LogP contribution in [-0.2, 0) is 14.2 Å². The number of carbonyl (C=O) groups excluding carboxylic acids is 1. The summed E-state index contributed by atoms with van der Waals surface area (Å²) in [4.78, 5) is 12.2. The molecule has 12 heteroatoms.